The Labute approximate surface area is 131 Å². The monoisotopic (exact) mass is 291 g/mol. The van der Waals surface area contributed by atoms with E-state index in [2.05, 4.69) is 42.2 Å². The van der Waals surface area contributed by atoms with E-state index in [1.54, 1.807) is 0 Å². The number of nitrogen functional groups attached to an aromatic ring is 1. The van der Waals surface area contributed by atoms with Crippen molar-refractivity contribution in [3.05, 3.63) is 70.6 Å². The number of allylic oxidation sites excluding steroid dienone is 2. The van der Waals surface area contributed by atoms with E-state index in [1.165, 1.54) is 22.4 Å². The van der Waals surface area contributed by atoms with E-state index >= 15 is 0 Å². The summed E-state index contributed by atoms with van der Waals surface area (Å²) in [7, 11) is 0. The van der Waals surface area contributed by atoms with Gasteiger partial charge in [-0.3, -0.25) is 4.99 Å². The molecular formula is C19H21N3. The zero-order valence-corrected chi connectivity index (χ0v) is 13.1. The number of benzene rings is 1. The van der Waals surface area contributed by atoms with Crippen molar-refractivity contribution >= 4 is 11.5 Å². The average molecular weight is 291 g/mol. The van der Waals surface area contributed by atoms with E-state index < -0.39 is 0 Å². The lowest BCUT2D eigenvalue weighted by Gasteiger charge is -2.09. The summed E-state index contributed by atoms with van der Waals surface area (Å²) in [5, 5.41) is 0. The van der Waals surface area contributed by atoms with Crippen LogP contribution in [0.15, 0.2) is 53.2 Å². The molecule has 2 heterocycles. The van der Waals surface area contributed by atoms with Crippen LogP contribution in [-0.4, -0.2) is 10.7 Å². The van der Waals surface area contributed by atoms with Gasteiger partial charge in [-0.15, -0.1) is 0 Å². The molecule has 3 nitrogen and oxygen atoms in total. The third kappa shape index (κ3) is 3.25. The Morgan fingerprint density at radius 2 is 1.86 bits per heavy atom. The third-order valence-electron chi connectivity index (χ3n) is 4.06. The molecule has 112 valence electrons. The summed E-state index contributed by atoms with van der Waals surface area (Å²) in [6.07, 6.45) is 4.94. The summed E-state index contributed by atoms with van der Waals surface area (Å²) in [5.74, 6) is 0.590. The first-order valence-corrected chi connectivity index (χ1v) is 7.64. The van der Waals surface area contributed by atoms with Crippen molar-refractivity contribution in [2.75, 3.05) is 5.73 Å². The normalized spacial score (nSPS) is 13.9. The number of aliphatic imine (C=N–C) groups is 1. The standard InChI is InChI=1S/C19H21N3/c1-13-10-19(20)21-14(2)18(13)12-17-9-8-16(22-17)11-15-6-4-3-5-7-15/h3-7,9-10H,8,11-12H2,1-2H3,(H2,20,21). The number of pyridine rings is 1. The Balaban J connectivity index is 1.72. The first-order valence-electron chi connectivity index (χ1n) is 7.64. The van der Waals surface area contributed by atoms with Crippen molar-refractivity contribution in [3.63, 3.8) is 0 Å². The highest BCUT2D eigenvalue weighted by Crippen LogP contribution is 2.22. The molecule has 0 radical (unpaired) electrons. The molecule has 2 aromatic rings. The molecule has 0 fully saturated rings. The molecule has 1 aliphatic rings. The minimum absolute atomic E-state index is 0.590. The maximum Gasteiger partial charge on any atom is 0.123 e. The van der Waals surface area contributed by atoms with Crippen LogP contribution in [0.3, 0.4) is 0 Å². The highest BCUT2D eigenvalue weighted by Gasteiger charge is 2.13. The van der Waals surface area contributed by atoms with Crippen LogP contribution in [-0.2, 0) is 12.8 Å². The van der Waals surface area contributed by atoms with Crippen molar-refractivity contribution in [3.8, 4) is 0 Å². The molecule has 0 aliphatic carbocycles. The molecule has 1 aromatic carbocycles. The van der Waals surface area contributed by atoms with Crippen molar-refractivity contribution in [2.24, 2.45) is 4.99 Å². The number of aryl methyl sites for hydroxylation is 2. The van der Waals surface area contributed by atoms with Crippen molar-refractivity contribution in [2.45, 2.75) is 33.1 Å². The second kappa shape index (κ2) is 6.14. The topological polar surface area (TPSA) is 51.3 Å². The van der Waals surface area contributed by atoms with E-state index in [-0.39, 0.29) is 0 Å². The lowest BCUT2D eigenvalue weighted by molar-refractivity contribution is 1.03. The van der Waals surface area contributed by atoms with E-state index in [0.717, 1.165) is 30.7 Å². The molecular weight excluding hydrogens is 270 g/mol. The number of anilines is 1. The van der Waals surface area contributed by atoms with Gasteiger partial charge in [0.2, 0.25) is 0 Å². The Bertz CT molecular complexity index is 720. The van der Waals surface area contributed by atoms with Crippen LogP contribution in [0.1, 0.15) is 28.8 Å². The van der Waals surface area contributed by atoms with Gasteiger partial charge in [-0.05, 0) is 36.6 Å². The lowest BCUT2D eigenvalue weighted by atomic mass is 10.0. The Hall–Kier alpha value is -2.42. The van der Waals surface area contributed by atoms with Crippen LogP contribution >= 0.6 is 0 Å². The minimum atomic E-state index is 0.590. The second-order valence-corrected chi connectivity index (χ2v) is 5.84. The van der Waals surface area contributed by atoms with Crippen LogP contribution in [0.25, 0.3) is 0 Å². The van der Waals surface area contributed by atoms with Gasteiger partial charge < -0.3 is 5.73 Å². The van der Waals surface area contributed by atoms with Gasteiger partial charge in [0.05, 0.1) is 0 Å². The van der Waals surface area contributed by atoms with Gasteiger partial charge in [0, 0.05) is 36.4 Å². The number of hydrogen-bond donors (Lipinski definition) is 1. The number of hydrogen-bond acceptors (Lipinski definition) is 3. The first-order chi connectivity index (χ1) is 10.6. The van der Waals surface area contributed by atoms with E-state index in [9.17, 15) is 0 Å². The molecule has 22 heavy (non-hydrogen) atoms. The summed E-state index contributed by atoms with van der Waals surface area (Å²) in [6, 6.07) is 12.4. The summed E-state index contributed by atoms with van der Waals surface area (Å²) < 4.78 is 0. The highest BCUT2D eigenvalue weighted by atomic mass is 14.8. The highest BCUT2D eigenvalue weighted by molar-refractivity contribution is 5.90. The summed E-state index contributed by atoms with van der Waals surface area (Å²) >= 11 is 0. The van der Waals surface area contributed by atoms with Crippen LogP contribution in [0.5, 0.6) is 0 Å². The summed E-state index contributed by atoms with van der Waals surface area (Å²) in [4.78, 5) is 9.17. The predicted octanol–water partition coefficient (Wildman–Crippen LogP) is 3.79. The number of nitrogens with zero attached hydrogens (tertiary/aromatic N) is 2. The van der Waals surface area contributed by atoms with Crippen LogP contribution < -0.4 is 5.73 Å². The minimum Gasteiger partial charge on any atom is -0.384 e. The molecule has 3 rings (SSSR count). The maximum atomic E-state index is 5.79. The smallest absolute Gasteiger partial charge is 0.123 e. The zero-order valence-electron chi connectivity index (χ0n) is 13.1. The number of aromatic nitrogens is 1. The quantitative estimate of drug-likeness (QED) is 0.931. The molecule has 0 saturated heterocycles. The van der Waals surface area contributed by atoms with Gasteiger partial charge in [0.1, 0.15) is 5.82 Å². The zero-order chi connectivity index (χ0) is 15.5. The molecule has 0 bridgehead atoms. The maximum absolute atomic E-state index is 5.79. The SMILES string of the molecule is Cc1cc(N)nc(C)c1CC1=CCC(Cc2ccccc2)=N1. The third-order valence-corrected chi connectivity index (χ3v) is 4.06. The molecule has 3 heteroatoms. The largest absolute Gasteiger partial charge is 0.384 e. The number of rotatable bonds is 4. The Morgan fingerprint density at radius 1 is 1.09 bits per heavy atom. The molecule has 0 amide bonds. The molecule has 2 N–H and O–H groups in total. The van der Waals surface area contributed by atoms with Gasteiger partial charge in [-0.25, -0.2) is 4.98 Å². The van der Waals surface area contributed by atoms with Gasteiger partial charge in [0.25, 0.3) is 0 Å². The number of nitrogens with two attached hydrogens (primary N) is 1. The van der Waals surface area contributed by atoms with Gasteiger partial charge in [-0.1, -0.05) is 36.4 Å². The van der Waals surface area contributed by atoms with Gasteiger partial charge >= 0.3 is 0 Å². The fourth-order valence-electron chi connectivity index (χ4n) is 2.92. The van der Waals surface area contributed by atoms with E-state index in [4.69, 9.17) is 10.7 Å². The van der Waals surface area contributed by atoms with Gasteiger partial charge in [-0.2, -0.15) is 0 Å². The molecule has 1 aliphatic heterocycles. The van der Waals surface area contributed by atoms with Crippen LogP contribution in [0.4, 0.5) is 5.82 Å². The van der Waals surface area contributed by atoms with Crippen molar-refractivity contribution < 1.29 is 0 Å². The molecule has 0 atom stereocenters. The summed E-state index contributed by atoms with van der Waals surface area (Å²) in [6.45, 7) is 4.10. The van der Waals surface area contributed by atoms with Crippen molar-refractivity contribution in [1.29, 1.82) is 0 Å². The molecule has 0 unspecified atom stereocenters. The Kier molecular flexibility index (Phi) is 4.05. The molecule has 0 spiro atoms. The molecule has 1 aromatic heterocycles. The van der Waals surface area contributed by atoms with Crippen LogP contribution in [0.2, 0.25) is 0 Å². The lowest BCUT2D eigenvalue weighted by Crippen LogP contribution is -2.02. The van der Waals surface area contributed by atoms with E-state index in [0.29, 0.717) is 5.82 Å². The van der Waals surface area contributed by atoms with E-state index in [1.807, 2.05) is 19.1 Å². The first kappa shape index (κ1) is 14.5. The fraction of sp³-hybridized carbons (Fsp3) is 0.263. The second-order valence-electron chi connectivity index (χ2n) is 5.84. The summed E-state index contributed by atoms with van der Waals surface area (Å²) in [5.41, 5.74) is 12.9. The van der Waals surface area contributed by atoms with Crippen LogP contribution in [0, 0.1) is 13.8 Å². The predicted molar refractivity (Wildman–Crippen MR) is 92.1 cm³/mol. The Morgan fingerprint density at radius 3 is 2.59 bits per heavy atom. The molecule has 0 saturated carbocycles. The fourth-order valence-corrected chi connectivity index (χ4v) is 2.92. The van der Waals surface area contributed by atoms with Gasteiger partial charge in [0.15, 0.2) is 0 Å². The van der Waals surface area contributed by atoms with Crippen molar-refractivity contribution in [1.82, 2.24) is 4.98 Å². The average Bonchev–Trinajstić information content (AvgIpc) is 2.91.